The van der Waals surface area contributed by atoms with Gasteiger partial charge in [0.1, 0.15) is 5.69 Å². The van der Waals surface area contributed by atoms with Crippen molar-refractivity contribution in [3.05, 3.63) is 60.8 Å². The van der Waals surface area contributed by atoms with Crippen molar-refractivity contribution in [3.63, 3.8) is 0 Å². The molecule has 0 bridgehead atoms. The van der Waals surface area contributed by atoms with E-state index in [-0.39, 0.29) is 6.03 Å². The third-order valence-corrected chi connectivity index (χ3v) is 4.33. The second kappa shape index (κ2) is 6.28. The van der Waals surface area contributed by atoms with Gasteiger partial charge in [-0.25, -0.2) is 4.79 Å². The van der Waals surface area contributed by atoms with Gasteiger partial charge in [0.2, 0.25) is 0 Å². The van der Waals surface area contributed by atoms with E-state index in [2.05, 4.69) is 34.5 Å². The molecule has 0 atom stereocenters. The summed E-state index contributed by atoms with van der Waals surface area (Å²) in [5, 5.41) is 8.47. The van der Waals surface area contributed by atoms with Crippen LogP contribution in [0.2, 0.25) is 0 Å². The summed E-state index contributed by atoms with van der Waals surface area (Å²) >= 11 is 0. The fourth-order valence-electron chi connectivity index (χ4n) is 2.99. The lowest BCUT2D eigenvalue weighted by atomic mass is 10.0. The molecule has 0 aliphatic carbocycles. The second-order valence-corrected chi connectivity index (χ2v) is 5.94. The Morgan fingerprint density at radius 2 is 1.46 bits per heavy atom. The highest BCUT2D eigenvalue weighted by Crippen LogP contribution is 2.23. The van der Waals surface area contributed by atoms with Crippen LogP contribution < -0.4 is 0 Å². The molecule has 2 aromatic carbocycles. The number of rotatable bonds is 2. The second-order valence-electron chi connectivity index (χ2n) is 5.94. The van der Waals surface area contributed by atoms with Gasteiger partial charge in [-0.2, -0.15) is 5.10 Å². The van der Waals surface area contributed by atoms with E-state index in [1.165, 1.54) is 10.4 Å². The lowest BCUT2D eigenvalue weighted by Gasteiger charge is -2.12. The molecule has 120 valence electrons. The number of nitrogens with zero attached hydrogens (tertiary/aromatic N) is 4. The third kappa shape index (κ3) is 2.80. The molecule has 0 unspecified atom stereocenters. The molecule has 5 nitrogen and oxygen atoms in total. The minimum atomic E-state index is -0.139. The van der Waals surface area contributed by atoms with Crippen LogP contribution in [0.4, 0.5) is 4.79 Å². The fraction of sp³-hybridized carbons (Fsp3) is 0.211. The maximum absolute atomic E-state index is 12.3. The molecular formula is C19H18N4O. The van der Waals surface area contributed by atoms with Gasteiger partial charge < -0.3 is 4.90 Å². The van der Waals surface area contributed by atoms with Gasteiger partial charge in [-0.1, -0.05) is 59.4 Å². The molecule has 2 heterocycles. The summed E-state index contributed by atoms with van der Waals surface area (Å²) in [5.41, 5.74) is 3.99. The van der Waals surface area contributed by atoms with Gasteiger partial charge in [-0.3, -0.25) is 0 Å². The zero-order valence-corrected chi connectivity index (χ0v) is 13.3. The molecule has 4 rings (SSSR count). The first kappa shape index (κ1) is 14.6. The molecule has 0 saturated carbocycles. The molecule has 1 aliphatic rings. The minimum absolute atomic E-state index is 0.139. The Bertz CT molecular complexity index is 833. The van der Waals surface area contributed by atoms with Gasteiger partial charge in [-0.15, -0.1) is 5.10 Å². The van der Waals surface area contributed by atoms with Crippen molar-refractivity contribution in [1.29, 1.82) is 0 Å². The van der Waals surface area contributed by atoms with Gasteiger partial charge in [0.25, 0.3) is 0 Å². The highest BCUT2D eigenvalue weighted by Gasteiger charge is 2.21. The Morgan fingerprint density at radius 3 is 2.17 bits per heavy atom. The molecule has 0 spiro atoms. The average Bonchev–Trinajstić information content (AvgIpc) is 3.34. The van der Waals surface area contributed by atoms with Crippen LogP contribution in [0.5, 0.6) is 0 Å². The summed E-state index contributed by atoms with van der Waals surface area (Å²) in [6.07, 6.45) is 3.76. The lowest BCUT2D eigenvalue weighted by Crippen LogP contribution is -2.33. The van der Waals surface area contributed by atoms with Crippen molar-refractivity contribution in [3.8, 4) is 22.4 Å². The van der Waals surface area contributed by atoms with Crippen LogP contribution in [0.15, 0.2) is 60.8 Å². The van der Waals surface area contributed by atoms with Crippen molar-refractivity contribution in [2.75, 3.05) is 13.1 Å². The molecule has 1 fully saturated rings. The van der Waals surface area contributed by atoms with E-state index < -0.39 is 0 Å². The van der Waals surface area contributed by atoms with Crippen molar-refractivity contribution >= 4 is 6.03 Å². The van der Waals surface area contributed by atoms with Crippen LogP contribution >= 0.6 is 0 Å². The first-order valence-corrected chi connectivity index (χ1v) is 8.19. The number of amides is 1. The number of likely N-dealkylation sites (tertiary alicyclic amines) is 1. The summed E-state index contributed by atoms with van der Waals surface area (Å²) in [7, 11) is 0. The molecule has 1 aliphatic heterocycles. The molecule has 1 aromatic heterocycles. The molecule has 24 heavy (non-hydrogen) atoms. The average molecular weight is 318 g/mol. The lowest BCUT2D eigenvalue weighted by molar-refractivity contribution is 0.203. The standard InChI is InChI=1S/C19H18N4O/c24-19(22-12-4-5-13-22)23-20-14-18(21-23)17-10-8-16(9-11-17)15-6-2-1-3-7-15/h1-3,6-11,14H,4-5,12-13H2. The molecule has 0 N–H and O–H groups in total. The van der Waals surface area contributed by atoms with Crippen molar-refractivity contribution in [1.82, 2.24) is 19.9 Å². The molecular weight excluding hydrogens is 300 g/mol. The predicted molar refractivity (Wildman–Crippen MR) is 92.5 cm³/mol. The zero-order chi connectivity index (χ0) is 16.4. The fourth-order valence-corrected chi connectivity index (χ4v) is 2.99. The topological polar surface area (TPSA) is 51.0 Å². The Morgan fingerprint density at radius 1 is 0.833 bits per heavy atom. The van der Waals surface area contributed by atoms with Gasteiger partial charge in [-0.05, 0) is 24.0 Å². The summed E-state index contributed by atoms with van der Waals surface area (Å²) in [5.74, 6) is 0. The molecule has 0 radical (unpaired) electrons. The summed E-state index contributed by atoms with van der Waals surface area (Å²) in [6.45, 7) is 1.59. The summed E-state index contributed by atoms with van der Waals surface area (Å²) in [4.78, 5) is 15.3. The number of carbonyl (C=O) groups is 1. The first-order valence-electron chi connectivity index (χ1n) is 8.19. The smallest absolute Gasteiger partial charge is 0.322 e. The van der Waals surface area contributed by atoms with E-state index in [1.807, 2.05) is 30.3 Å². The predicted octanol–water partition coefficient (Wildman–Crippen LogP) is 3.68. The summed E-state index contributed by atoms with van der Waals surface area (Å²) in [6, 6.07) is 18.2. The molecule has 5 heteroatoms. The van der Waals surface area contributed by atoms with Gasteiger partial charge in [0, 0.05) is 18.7 Å². The SMILES string of the molecule is O=C(N1CCCC1)n1ncc(-c2ccc(-c3ccccc3)cc2)n1. The van der Waals surface area contributed by atoms with Crippen LogP contribution in [0.3, 0.4) is 0 Å². The number of benzene rings is 2. The van der Waals surface area contributed by atoms with Gasteiger partial charge in [0.15, 0.2) is 0 Å². The Balaban J connectivity index is 1.55. The monoisotopic (exact) mass is 318 g/mol. The largest absolute Gasteiger partial charge is 0.362 e. The van der Waals surface area contributed by atoms with E-state index in [0.717, 1.165) is 37.1 Å². The zero-order valence-electron chi connectivity index (χ0n) is 13.3. The van der Waals surface area contributed by atoms with Crippen molar-refractivity contribution in [2.24, 2.45) is 0 Å². The maximum atomic E-state index is 12.3. The minimum Gasteiger partial charge on any atom is -0.322 e. The highest BCUT2D eigenvalue weighted by molar-refractivity contribution is 5.76. The van der Waals surface area contributed by atoms with E-state index in [0.29, 0.717) is 5.69 Å². The quantitative estimate of drug-likeness (QED) is 0.724. The molecule has 1 saturated heterocycles. The van der Waals surface area contributed by atoms with Crippen LogP contribution in [0.1, 0.15) is 12.8 Å². The number of hydrogen-bond acceptors (Lipinski definition) is 3. The van der Waals surface area contributed by atoms with Gasteiger partial charge in [0.05, 0.1) is 6.20 Å². The number of carbonyl (C=O) groups excluding carboxylic acids is 1. The van der Waals surface area contributed by atoms with Crippen LogP contribution in [-0.2, 0) is 0 Å². The maximum Gasteiger partial charge on any atom is 0.362 e. The Labute approximate surface area is 140 Å². The van der Waals surface area contributed by atoms with Crippen LogP contribution in [0.25, 0.3) is 22.4 Å². The van der Waals surface area contributed by atoms with E-state index in [1.54, 1.807) is 11.1 Å². The van der Waals surface area contributed by atoms with E-state index in [9.17, 15) is 4.79 Å². The number of aromatic nitrogens is 3. The Kier molecular flexibility index (Phi) is 3.83. The van der Waals surface area contributed by atoms with Crippen LogP contribution in [0, 0.1) is 0 Å². The molecule has 3 aromatic rings. The number of hydrogen-bond donors (Lipinski definition) is 0. The summed E-state index contributed by atoms with van der Waals surface area (Å²) < 4.78 is 0. The third-order valence-electron chi connectivity index (χ3n) is 4.33. The van der Waals surface area contributed by atoms with Crippen LogP contribution in [-0.4, -0.2) is 39.0 Å². The first-order chi connectivity index (χ1) is 11.8. The van der Waals surface area contributed by atoms with Crippen molar-refractivity contribution in [2.45, 2.75) is 12.8 Å². The Hall–Kier alpha value is -2.95. The highest BCUT2D eigenvalue weighted by atomic mass is 16.2. The molecule has 1 amide bonds. The normalized spacial score (nSPS) is 14.1. The van der Waals surface area contributed by atoms with E-state index in [4.69, 9.17) is 0 Å². The van der Waals surface area contributed by atoms with Gasteiger partial charge >= 0.3 is 6.03 Å². The van der Waals surface area contributed by atoms with E-state index >= 15 is 0 Å². The van der Waals surface area contributed by atoms with Crippen molar-refractivity contribution < 1.29 is 4.79 Å².